The predicted molar refractivity (Wildman–Crippen MR) is 195 cm³/mol. The number of hydrogen-bond donors (Lipinski definition) is 2. The van der Waals surface area contributed by atoms with Crippen LogP contribution in [0.2, 0.25) is 5.02 Å². The Balaban J connectivity index is 1.36. The summed E-state index contributed by atoms with van der Waals surface area (Å²) in [5, 5.41) is 13.1. The first-order valence-corrected chi connectivity index (χ1v) is 19.9. The Morgan fingerprint density at radius 2 is 1.96 bits per heavy atom. The summed E-state index contributed by atoms with van der Waals surface area (Å²) in [7, 11) is 0.0604. The molecule has 7 rings (SSSR count). The van der Waals surface area contributed by atoms with E-state index < -0.39 is 34.0 Å². The molecule has 2 aliphatic carbocycles. The van der Waals surface area contributed by atoms with Gasteiger partial charge in [-0.2, -0.15) is 12.7 Å². The average molecular weight is 741 g/mol. The Morgan fingerprint density at radius 3 is 2.71 bits per heavy atom. The van der Waals surface area contributed by atoms with Gasteiger partial charge in [-0.1, -0.05) is 35.9 Å². The largest absolute Gasteiger partial charge is 0.490 e. The molecule has 0 aromatic heterocycles. The van der Waals surface area contributed by atoms with Gasteiger partial charge in [-0.15, -0.1) is 0 Å². The van der Waals surface area contributed by atoms with E-state index in [4.69, 9.17) is 21.1 Å². The number of anilines is 1. The van der Waals surface area contributed by atoms with Crippen LogP contribution >= 0.6 is 11.6 Å². The second-order valence-corrected chi connectivity index (χ2v) is 17.6. The highest BCUT2D eigenvalue weighted by atomic mass is 35.5. The second kappa shape index (κ2) is 14.0. The Hall–Kier alpha value is -3.16. The Kier molecular flexibility index (Phi) is 9.94. The summed E-state index contributed by atoms with van der Waals surface area (Å²) < 4.78 is 41.4. The van der Waals surface area contributed by atoms with Crippen molar-refractivity contribution in [1.82, 2.24) is 13.9 Å². The number of ether oxygens (including phenoxy) is 2. The number of halogens is 1. The van der Waals surface area contributed by atoms with Crippen molar-refractivity contribution < 1.29 is 32.6 Å². The summed E-state index contributed by atoms with van der Waals surface area (Å²) >= 11 is 6.46. The number of hydrogen-bond acceptors (Lipinski definition) is 8. The lowest BCUT2D eigenvalue weighted by atomic mass is 9.68. The highest BCUT2D eigenvalue weighted by Crippen LogP contribution is 2.48. The minimum Gasteiger partial charge on any atom is -0.490 e. The standard InChI is InChI=1S/C38H49ClN4O7S/c1-41(2)51(47,48)40-36(45)38(46)21-35(44)43-18-6-9-29(43)8-4-10-33(49-3)30-14-11-26(30)22-42-23-37(24-50-34-16-12-27(38)20-32(34)42)17-5-7-25-19-28(39)13-15-31(25)37/h4,10,12-13,15-16,19-20,26,29-30,33,46H,5-9,11,14,17-18,21-24H2,1-3H3,(H,40,45)/b10-4+/t26-,29+,30+,33-,37-,38-/m0/s1. The lowest BCUT2D eigenvalue weighted by Gasteiger charge is -2.46. The van der Waals surface area contributed by atoms with E-state index in [0.29, 0.717) is 61.0 Å². The summed E-state index contributed by atoms with van der Waals surface area (Å²) in [6.45, 7) is 2.24. The quantitative estimate of drug-likeness (QED) is 0.445. The van der Waals surface area contributed by atoms with Crippen molar-refractivity contribution in [3.63, 3.8) is 0 Å². The third-order valence-corrected chi connectivity index (χ3v) is 13.7. The van der Waals surface area contributed by atoms with Gasteiger partial charge in [0.25, 0.3) is 5.91 Å². The number of rotatable bonds is 4. The summed E-state index contributed by atoms with van der Waals surface area (Å²) in [6.07, 6.45) is 10.7. The van der Waals surface area contributed by atoms with Crippen molar-refractivity contribution in [2.24, 2.45) is 11.8 Å². The van der Waals surface area contributed by atoms with Crippen LogP contribution in [0.15, 0.2) is 48.6 Å². The number of carbonyl (C=O) groups excluding carboxylic acids is 2. The molecule has 276 valence electrons. The van der Waals surface area contributed by atoms with E-state index >= 15 is 0 Å². The van der Waals surface area contributed by atoms with Gasteiger partial charge < -0.3 is 24.4 Å². The van der Waals surface area contributed by atoms with E-state index in [9.17, 15) is 23.1 Å². The first kappa shape index (κ1) is 36.2. The maximum atomic E-state index is 14.1. The molecule has 2 fully saturated rings. The van der Waals surface area contributed by atoms with E-state index in [-0.39, 0.29) is 23.1 Å². The van der Waals surface area contributed by atoms with Crippen LogP contribution < -0.4 is 14.4 Å². The van der Waals surface area contributed by atoms with Crippen molar-refractivity contribution in [2.45, 2.75) is 80.9 Å². The maximum Gasteiger partial charge on any atom is 0.303 e. The van der Waals surface area contributed by atoms with Crippen molar-refractivity contribution in [2.75, 3.05) is 52.3 Å². The molecule has 2 N–H and O–H groups in total. The number of nitrogens with zero attached hydrogens (tertiary/aromatic N) is 3. The number of fused-ring (bicyclic) bond motifs is 5. The third kappa shape index (κ3) is 6.78. The van der Waals surface area contributed by atoms with Crippen molar-refractivity contribution in [3.8, 4) is 5.75 Å². The fourth-order valence-corrected chi connectivity index (χ4v) is 9.79. The molecule has 5 aliphatic rings. The number of benzene rings is 2. The molecular weight excluding hydrogens is 692 g/mol. The van der Waals surface area contributed by atoms with E-state index in [2.05, 4.69) is 29.2 Å². The summed E-state index contributed by atoms with van der Waals surface area (Å²) in [5.74, 6) is -0.391. The topological polar surface area (TPSA) is 129 Å². The first-order valence-electron chi connectivity index (χ1n) is 18.1. The van der Waals surface area contributed by atoms with E-state index in [0.717, 1.165) is 49.3 Å². The van der Waals surface area contributed by atoms with Crippen LogP contribution in [0.3, 0.4) is 0 Å². The fraction of sp³-hybridized carbons (Fsp3) is 0.579. The molecule has 3 aliphatic heterocycles. The van der Waals surface area contributed by atoms with E-state index in [1.165, 1.54) is 25.2 Å². The monoisotopic (exact) mass is 740 g/mol. The van der Waals surface area contributed by atoms with Crippen LogP contribution in [0, 0.1) is 11.8 Å². The van der Waals surface area contributed by atoms with Gasteiger partial charge in [-0.3, -0.25) is 9.59 Å². The van der Waals surface area contributed by atoms with Crippen LogP contribution in [-0.2, 0) is 42.0 Å². The van der Waals surface area contributed by atoms with Crippen LogP contribution in [0.1, 0.15) is 68.1 Å². The minimum absolute atomic E-state index is 0.0600. The van der Waals surface area contributed by atoms with Crippen LogP contribution in [0.5, 0.6) is 5.75 Å². The molecule has 2 aromatic rings. The third-order valence-electron chi connectivity index (χ3n) is 12.1. The Bertz CT molecular complexity index is 1820. The number of carbonyl (C=O) groups is 2. The lowest BCUT2D eigenvalue weighted by Crippen LogP contribution is -2.52. The number of nitrogens with one attached hydrogen (secondary N) is 1. The van der Waals surface area contributed by atoms with Gasteiger partial charge in [0, 0.05) is 57.3 Å². The first-order chi connectivity index (χ1) is 24.3. The molecule has 3 heterocycles. The van der Waals surface area contributed by atoms with Gasteiger partial charge in [-0.05, 0) is 104 Å². The fourth-order valence-electron chi connectivity index (χ4n) is 9.01. The highest BCUT2D eigenvalue weighted by Gasteiger charge is 2.48. The van der Waals surface area contributed by atoms with Gasteiger partial charge in [-0.25, -0.2) is 4.72 Å². The molecular formula is C38H49ClN4O7S. The van der Waals surface area contributed by atoms with Crippen molar-refractivity contribution in [1.29, 1.82) is 0 Å². The molecule has 0 unspecified atom stereocenters. The van der Waals surface area contributed by atoms with Gasteiger partial charge in [0.1, 0.15) is 5.75 Å². The highest BCUT2D eigenvalue weighted by molar-refractivity contribution is 7.87. The Labute approximate surface area is 306 Å². The molecule has 13 heteroatoms. The molecule has 0 radical (unpaired) electrons. The van der Waals surface area contributed by atoms with Crippen LogP contribution in [0.25, 0.3) is 0 Å². The van der Waals surface area contributed by atoms with Crippen LogP contribution in [0.4, 0.5) is 5.69 Å². The Morgan fingerprint density at radius 1 is 1.14 bits per heavy atom. The smallest absolute Gasteiger partial charge is 0.303 e. The zero-order chi connectivity index (χ0) is 36.1. The zero-order valence-corrected chi connectivity index (χ0v) is 31.2. The van der Waals surface area contributed by atoms with Gasteiger partial charge >= 0.3 is 10.2 Å². The molecule has 51 heavy (non-hydrogen) atoms. The molecule has 2 aromatic carbocycles. The molecule has 1 spiro atoms. The van der Waals surface area contributed by atoms with E-state index in [1.54, 1.807) is 30.2 Å². The number of aryl methyl sites for hydroxylation is 1. The lowest BCUT2D eigenvalue weighted by molar-refractivity contribution is -0.149. The van der Waals surface area contributed by atoms with Gasteiger partial charge in [0.15, 0.2) is 5.60 Å². The minimum atomic E-state index is -4.28. The number of aliphatic hydroxyl groups is 1. The normalized spacial score (nSPS) is 31.5. The molecule has 6 atom stereocenters. The molecule has 11 nitrogen and oxygen atoms in total. The predicted octanol–water partition coefficient (Wildman–Crippen LogP) is 4.31. The average Bonchev–Trinajstić information content (AvgIpc) is 3.50. The molecule has 1 saturated carbocycles. The SMILES string of the molecule is CO[C@H]1/C=C/C[C@@H]2CCCN2C(=O)C[C@@](O)(C(=O)NS(=O)(=O)N(C)C)c2ccc3c(c2)N(C[C@@H]2CC[C@H]21)C[C@@]1(CCCc2cc(Cl)ccc21)CO3. The van der Waals surface area contributed by atoms with Crippen molar-refractivity contribution >= 4 is 39.3 Å². The van der Waals surface area contributed by atoms with Gasteiger partial charge in [0.05, 0.1) is 24.8 Å². The summed E-state index contributed by atoms with van der Waals surface area (Å²) in [6, 6.07) is 11.1. The summed E-state index contributed by atoms with van der Waals surface area (Å²) in [5.41, 5.74) is 0.434. The maximum absolute atomic E-state index is 14.1. The number of amides is 2. The molecule has 2 amide bonds. The molecule has 1 saturated heterocycles. The van der Waals surface area contributed by atoms with Crippen molar-refractivity contribution in [3.05, 3.63) is 70.3 Å². The zero-order valence-electron chi connectivity index (χ0n) is 29.6. The van der Waals surface area contributed by atoms with Gasteiger partial charge in [0.2, 0.25) is 5.91 Å². The molecule has 2 bridgehead atoms. The van der Waals surface area contributed by atoms with Crippen LogP contribution in [-0.4, -0.2) is 94.1 Å². The number of methoxy groups -OCH3 is 1. The van der Waals surface area contributed by atoms with E-state index in [1.807, 2.05) is 10.8 Å². The second-order valence-electron chi connectivity index (χ2n) is 15.3. The summed E-state index contributed by atoms with van der Waals surface area (Å²) in [4.78, 5) is 32.1.